The molecule has 0 unspecified atom stereocenters. The molecule has 8 heteroatoms. The summed E-state index contributed by atoms with van der Waals surface area (Å²) in [6, 6.07) is 8.65. The highest BCUT2D eigenvalue weighted by atomic mass is 16.5. The molecule has 0 fully saturated rings. The maximum atomic E-state index is 12.4. The molecule has 0 aliphatic heterocycles. The Balaban J connectivity index is 2.23. The number of nitrogens with two attached hydrogens (primary N) is 1. The van der Waals surface area contributed by atoms with Crippen LogP contribution in [0.4, 0.5) is 5.69 Å². The molecule has 3 N–H and O–H groups in total. The van der Waals surface area contributed by atoms with Crippen molar-refractivity contribution in [1.82, 2.24) is 10.3 Å². The van der Waals surface area contributed by atoms with Gasteiger partial charge in [0.25, 0.3) is 5.91 Å². The fourth-order valence-electron chi connectivity index (χ4n) is 2.37. The van der Waals surface area contributed by atoms with Crippen LogP contribution in [0.3, 0.4) is 0 Å². The smallest absolute Gasteiger partial charge is 0.270 e. The largest absolute Gasteiger partial charge is 0.493 e. The van der Waals surface area contributed by atoms with E-state index in [1.807, 2.05) is 12.1 Å². The van der Waals surface area contributed by atoms with Crippen LogP contribution in [0.1, 0.15) is 28.5 Å². The number of methoxy groups -OCH3 is 2. The standard InChI is InChI=1S/C18H20N4O4/c1-4-26-18-12(9-19)13(20)8-14(22-18)17(23)21-10-11-6-5-7-15(24-2)16(11)25-3/h5-8H,4,10H2,1-3H3,(H2,20,22)(H,21,23). The minimum absolute atomic E-state index is 0.0408. The van der Waals surface area contributed by atoms with E-state index in [1.165, 1.54) is 13.2 Å². The number of benzene rings is 1. The Hall–Kier alpha value is -3.47. The van der Waals surface area contributed by atoms with Gasteiger partial charge in [0, 0.05) is 12.1 Å². The third kappa shape index (κ3) is 3.95. The van der Waals surface area contributed by atoms with Crippen molar-refractivity contribution in [3.8, 4) is 23.4 Å². The quantitative estimate of drug-likeness (QED) is 0.777. The molecule has 0 saturated heterocycles. The number of nitrogens with zero attached hydrogens (tertiary/aromatic N) is 2. The van der Waals surface area contributed by atoms with Crippen molar-refractivity contribution < 1.29 is 19.0 Å². The molecule has 0 bridgehead atoms. The van der Waals surface area contributed by atoms with E-state index in [1.54, 1.807) is 26.2 Å². The molecular weight excluding hydrogens is 336 g/mol. The van der Waals surface area contributed by atoms with Gasteiger partial charge in [-0.25, -0.2) is 4.98 Å². The van der Waals surface area contributed by atoms with Gasteiger partial charge in [-0.3, -0.25) is 4.79 Å². The van der Waals surface area contributed by atoms with Crippen LogP contribution in [-0.2, 0) is 6.54 Å². The third-order valence-corrected chi connectivity index (χ3v) is 3.57. The van der Waals surface area contributed by atoms with Crippen molar-refractivity contribution in [1.29, 1.82) is 5.26 Å². The molecule has 2 rings (SSSR count). The number of amides is 1. The second-order valence-electron chi connectivity index (χ2n) is 5.16. The average Bonchev–Trinajstić information content (AvgIpc) is 2.65. The van der Waals surface area contributed by atoms with E-state index in [9.17, 15) is 4.79 Å². The number of nitrogens with one attached hydrogen (secondary N) is 1. The predicted molar refractivity (Wildman–Crippen MR) is 95.2 cm³/mol. The Kier molecular flexibility index (Phi) is 6.22. The zero-order valence-corrected chi connectivity index (χ0v) is 14.8. The lowest BCUT2D eigenvalue weighted by Gasteiger charge is -2.13. The number of carbonyl (C=O) groups is 1. The highest BCUT2D eigenvalue weighted by molar-refractivity contribution is 5.93. The van der Waals surface area contributed by atoms with Crippen LogP contribution in [0.2, 0.25) is 0 Å². The average molecular weight is 356 g/mol. The number of nitriles is 1. The van der Waals surface area contributed by atoms with Gasteiger partial charge in [-0.15, -0.1) is 0 Å². The van der Waals surface area contributed by atoms with Crippen molar-refractivity contribution in [3.05, 3.63) is 41.1 Å². The van der Waals surface area contributed by atoms with E-state index in [0.717, 1.165) is 5.56 Å². The van der Waals surface area contributed by atoms with Crippen LogP contribution in [0.15, 0.2) is 24.3 Å². The number of ether oxygens (including phenoxy) is 3. The highest BCUT2D eigenvalue weighted by Gasteiger charge is 2.17. The molecule has 0 radical (unpaired) electrons. The van der Waals surface area contributed by atoms with E-state index in [-0.39, 0.29) is 29.4 Å². The van der Waals surface area contributed by atoms with Crippen LogP contribution in [0.25, 0.3) is 0 Å². The maximum Gasteiger partial charge on any atom is 0.270 e. The van der Waals surface area contributed by atoms with Gasteiger partial charge in [0.05, 0.1) is 26.5 Å². The number of pyridine rings is 1. The maximum absolute atomic E-state index is 12.4. The first-order valence-electron chi connectivity index (χ1n) is 7.87. The van der Waals surface area contributed by atoms with Gasteiger partial charge < -0.3 is 25.3 Å². The van der Waals surface area contributed by atoms with E-state index < -0.39 is 5.91 Å². The lowest BCUT2D eigenvalue weighted by Crippen LogP contribution is -2.24. The van der Waals surface area contributed by atoms with Crippen LogP contribution < -0.4 is 25.3 Å². The van der Waals surface area contributed by atoms with Crippen molar-refractivity contribution in [2.75, 3.05) is 26.6 Å². The molecule has 136 valence electrons. The Labute approximate surface area is 151 Å². The number of hydrogen-bond donors (Lipinski definition) is 2. The number of hydrogen-bond acceptors (Lipinski definition) is 7. The first kappa shape index (κ1) is 18.9. The minimum Gasteiger partial charge on any atom is -0.493 e. The molecule has 1 amide bonds. The second kappa shape index (κ2) is 8.58. The Bertz CT molecular complexity index is 846. The van der Waals surface area contributed by atoms with Gasteiger partial charge >= 0.3 is 0 Å². The molecule has 2 aromatic rings. The molecular formula is C18H20N4O4. The summed E-state index contributed by atoms with van der Waals surface area (Å²) < 4.78 is 15.9. The summed E-state index contributed by atoms with van der Waals surface area (Å²) in [4.78, 5) is 16.5. The number of rotatable bonds is 7. The minimum atomic E-state index is -0.452. The number of nitrogen functional groups attached to an aromatic ring is 1. The zero-order valence-electron chi connectivity index (χ0n) is 14.8. The van der Waals surface area contributed by atoms with Crippen LogP contribution in [0.5, 0.6) is 17.4 Å². The van der Waals surface area contributed by atoms with Crippen LogP contribution in [0, 0.1) is 11.3 Å². The van der Waals surface area contributed by atoms with E-state index in [0.29, 0.717) is 18.1 Å². The number of anilines is 1. The first-order valence-corrected chi connectivity index (χ1v) is 7.87. The molecule has 1 aromatic carbocycles. The van der Waals surface area contributed by atoms with Gasteiger partial charge in [-0.1, -0.05) is 12.1 Å². The summed E-state index contributed by atoms with van der Waals surface area (Å²) in [6.07, 6.45) is 0. The highest BCUT2D eigenvalue weighted by Crippen LogP contribution is 2.30. The van der Waals surface area contributed by atoms with E-state index in [2.05, 4.69) is 10.3 Å². The number of para-hydroxylation sites is 1. The SMILES string of the molecule is CCOc1nc(C(=O)NCc2cccc(OC)c2OC)cc(N)c1C#N. The van der Waals surface area contributed by atoms with Gasteiger partial charge in [-0.05, 0) is 19.1 Å². The lowest BCUT2D eigenvalue weighted by molar-refractivity contribution is 0.0944. The Morgan fingerprint density at radius 3 is 2.73 bits per heavy atom. The monoisotopic (exact) mass is 356 g/mol. The van der Waals surface area contributed by atoms with E-state index >= 15 is 0 Å². The second-order valence-corrected chi connectivity index (χ2v) is 5.16. The predicted octanol–water partition coefficient (Wildman–Crippen LogP) is 1.88. The molecule has 1 heterocycles. The van der Waals surface area contributed by atoms with Gasteiger partial charge in [0.15, 0.2) is 11.5 Å². The normalized spacial score (nSPS) is 9.92. The molecule has 0 aliphatic carbocycles. The van der Waals surface area contributed by atoms with Gasteiger partial charge in [0.2, 0.25) is 5.88 Å². The first-order chi connectivity index (χ1) is 12.5. The summed E-state index contributed by atoms with van der Waals surface area (Å²) in [5.74, 6) is 0.697. The van der Waals surface area contributed by atoms with Crippen molar-refractivity contribution >= 4 is 11.6 Å². The van der Waals surface area contributed by atoms with Crippen molar-refractivity contribution in [2.45, 2.75) is 13.5 Å². The summed E-state index contributed by atoms with van der Waals surface area (Å²) >= 11 is 0. The number of aromatic nitrogens is 1. The molecule has 0 spiro atoms. The third-order valence-electron chi connectivity index (χ3n) is 3.57. The molecule has 8 nitrogen and oxygen atoms in total. The molecule has 0 atom stereocenters. The summed E-state index contributed by atoms with van der Waals surface area (Å²) in [5, 5.41) is 11.9. The molecule has 0 saturated carbocycles. The number of carbonyl (C=O) groups excluding carboxylic acids is 1. The van der Waals surface area contributed by atoms with Gasteiger partial charge in [-0.2, -0.15) is 5.26 Å². The zero-order chi connectivity index (χ0) is 19.1. The van der Waals surface area contributed by atoms with Crippen molar-refractivity contribution in [2.24, 2.45) is 0 Å². The van der Waals surface area contributed by atoms with Crippen molar-refractivity contribution in [3.63, 3.8) is 0 Å². The lowest BCUT2D eigenvalue weighted by atomic mass is 10.1. The molecule has 1 aromatic heterocycles. The Morgan fingerprint density at radius 1 is 1.35 bits per heavy atom. The Morgan fingerprint density at radius 2 is 2.12 bits per heavy atom. The van der Waals surface area contributed by atoms with E-state index in [4.69, 9.17) is 25.2 Å². The summed E-state index contributed by atoms with van der Waals surface area (Å²) in [6.45, 7) is 2.25. The van der Waals surface area contributed by atoms with Crippen LogP contribution >= 0.6 is 0 Å². The fraction of sp³-hybridized carbons (Fsp3) is 0.278. The van der Waals surface area contributed by atoms with Gasteiger partial charge in [0.1, 0.15) is 17.3 Å². The summed E-state index contributed by atoms with van der Waals surface area (Å²) in [5.41, 5.74) is 6.88. The molecule has 0 aliphatic rings. The fourth-order valence-corrected chi connectivity index (χ4v) is 2.37. The van der Waals surface area contributed by atoms with Crippen LogP contribution in [-0.4, -0.2) is 31.7 Å². The topological polar surface area (TPSA) is 119 Å². The summed E-state index contributed by atoms with van der Waals surface area (Å²) in [7, 11) is 3.07. The molecule has 26 heavy (non-hydrogen) atoms.